The molecule has 2 aromatic rings. The van der Waals surface area contributed by atoms with E-state index in [-0.39, 0.29) is 17.4 Å². The lowest BCUT2D eigenvalue weighted by Gasteiger charge is -2.45. The number of anilines is 2. The number of hydrogen-bond acceptors (Lipinski definition) is 7. The van der Waals surface area contributed by atoms with E-state index < -0.39 is 21.8 Å². The van der Waals surface area contributed by atoms with E-state index in [2.05, 4.69) is 24.5 Å². The summed E-state index contributed by atoms with van der Waals surface area (Å²) in [5.74, 6) is 0.0857. The van der Waals surface area contributed by atoms with E-state index in [4.69, 9.17) is 0 Å². The average molecular weight is 610 g/mol. The van der Waals surface area contributed by atoms with Crippen molar-refractivity contribution in [1.82, 2.24) is 24.5 Å². The number of aromatic nitrogens is 2. The van der Waals surface area contributed by atoms with Crippen molar-refractivity contribution in [3.05, 3.63) is 41.6 Å². The van der Waals surface area contributed by atoms with Crippen molar-refractivity contribution in [2.75, 3.05) is 61.7 Å². The Bertz CT molecular complexity index is 1410. The Morgan fingerprint density at radius 1 is 1.02 bits per heavy atom. The Balaban J connectivity index is 1.15. The van der Waals surface area contributed by atoms with Gasteiger partial charge in [-0.2, -0.15) is 17.9 Å². The van der Waals surface area contributed by atoms with Crippen molar-refractivity contribution in [3.63, 3.8) is 0 Å². The fourth-order valence-corrected chi connectivity index (χ4v) is 7.37. The first-order chi connectivity index (χ1) is 19.9. The molecule has 1 N–H and O–H groups in total. The van der Waals surface area contributed by atoms with Crippen LogP contribution >= 0.6 is 0 Å². The van der Waals surface area contributed by atoms with Gasteiger partial charge in [-0.15, -0.1) is 5.10 Å². The Labute approximate surface area is 244 Å². The molecule has 1 spiro atoms. The number of piperidine rings is 1. The minimum atomic E-state index is -4.40. The van der Waals surface area contributed by atoms with Gasteiger partial charge < -0.3 is 9.80 Å². The molecule has 42 heavy (non-hydrogen) atoms. The molecule has 3 aliphatic heterocycles. The Kier molecular flexibility index (Phi) is 7.67. The highest BCUT2D eigenvalue weighted by atomic mass is 32.2. The van der Waals surface area contributed by atoms with Crippen LogP contribution in [0.15, 0.2) is 30.5 Å². The second-order valence-corrected chi connectivity index (χ2v) is 13.9. The molecule has 4 heterocycles. The van der Waals surface area contributed by atoms with Gasteiger partial charge in [0.1, 0.15) is 0 Å². The Morgan fingerprint density at radius 2 is 1.74 bits per heavy atom. The molecule has 1 saturated carbocycles. The van der Waals surface area contributed by atoms with Crippen LogP contribution in [-0.2, 0) is 22.7 Å². The van der Waals surface area contributed by atoms with Crippen molar-refractivity contribution in [2.45, 2.75) is 62.8 Å². The smallest absolute Gasteiger partial charge is 0.369 e. The maximum Gasteiger partial charge on any atom is 0.416 e. The van der Waals surface area contributed by atoms with Crippen molar-refractivity contribution in [2.24, 2.45) is 0 Å². The lowest BCUT2D eigenvalue weighted by molar-refractivity contribution is -0.137. The molecular weight excluding hydrogens is 571 g/mol. The van der Waals surface area contributed by atoms with Gasteiger partial charge in [-0.25, -0.2) is 13.2 Å². The van der Waals surface area contributed by atoms with Crippen LogP contribution < -0.4 is 9.62 Å². The number of carbonyl (C=O) groups is 1. The molecule has 3 saturated heterocycles. The van der Waals surface area contributed by atoms with Crippen LogP contribution in [0.3, 0.4) is 0 Å². The number of hydrogen-bond donors (Lipinski definition) is 1. The summed E-state index contributed by atoms with van der Waals surface area (Å²) < 4.78 is 67.6. The molecular formula is C28H38F3N7O3S. The first-order valence-electron chi connectivity index (χ1n) is 14.7. The first kappa shape index (κ1) is 29.2. The van der Waals surface area contributed by atoms with Gasteiger partial charge in [-0.1, -0.05) is 6.07 Å². The van der Waals surface area contributed by atoms with Crippen LogP contribution in [0.1, 0.15) is 49.7 Å². The fraction of sp³-hybridized carbons (Fsp3) is 0.643. The van der Waals surface area contributed by atoms with Crippen LogP contribution in [-0.4, -0.2) is 103 Å². The molecule has 1 amide bonds. The number of sulfonamides is 1. The normalized spacial score (nSPS) is 22.2. The molecule has 0 atom stereocenters. The van der Waals surface area contributed by atoms with Crippen molar-refractivity contribution >= 4 is 27.6 Å². The number of nitrogens with zero attached hydrogens (tertiary/aromatic N) is 6. The third-order valence-corrected chi connectivity index (χ3v) is 9.85. The number of carbonyl (C=O) groups excluding carboxylic acids is 1. The maximum atomic E-state index is 13.7. The van der Waals surface area contributed by atoms with Crippen LogP contribution in [0.4, 0.5) is 29.5 Å². The van der Waals surface area contributed by atoms with Crippen molar-refractivity contribution < 1.29 is 26.4 Å². The zero-order valence-electron chi connectivity index (χ0n) is 23.8. The van der Waals surface area contributed by atoms with Gasteiger partial charge in [-0.05, 0) is 62.8 Å². The molecule has 10 nitrogen and oxygen atoms in total. The molecule has 1 aliphatic carbocycles. The summed E-state index contributed by atoms with van der Waals surface area (Å²) >= 11 is 0. The lowest BCUT2D eigenvalue weighted by atomic mass is 9.84. The van der Waals surface area contributed by atoms with Gasteiger partial charge in [0.15, 0.2) is 5.82 Å². The lowest BCUT2D eigenvalue weighted by Crippen LogP contribution is -2.53. The number of likely N-dealkylation sites (tertiary alicyclic amines) is 2. The first-order valence-corrected chi connectivity index (χ1v) is 16.6. The summed E-state index contributed by atoms with van der Waals surface area (Å²) in [5.41, 5.74) is 0.883. The summed E-state index contributed by atoms with van der Waals surface area (Å²) in [6.45, 7) is 5.68. The number of piperazine rings is 1. The predicted molar refractivity (Wildman–Crippen MR) is 153 cm³/mol. The number of alkyl halides is 3. The van der Waals surface area contributed by atoms with Crippen LogP contribution in [0.25, 0.3) is 0 Å². The van der Waals surface area contributed by atoms with E-state index >= 15 is 0 Å². The molecule has 230 valence electrons. The van der Waals surface area contributed by atoms with E-state index in [0.29, 0.717) is 31.4 Å². The van der Waals surface area contributed by atoms with E-state index in [1.807, 2.05) is 0 Å². The highest BCUT2D eigenvalue weighted by Gasteiger charge is 2.44. The number of amides is 1. The maximum absolute atomic E-state index is 13.7. The summed E-state index contributed by atoms with van der Waals surface area (Å²) in [7, 11) is -3.50. The topological polar surface area (TPSA) is 94.0 Å². The zero-order chi connectivity index (χ0) is 29.7. The Morgan fingerprint density at radius 3 is 2.38 bits per heavy atom. The Hall–Kier alpha value is -2.84. The molecule has 1 aromatic carbocycles. The van der Waals surface area contributed by atoms with E-state index in [9.17, 15) is 26.4 Å². The summed E-state index contributed by atoms with van der Waals surface area (Å²) in [6.07, 6.45) is 4.00. The third-order valence-electron chi connectivity index (χ3n) is 9.27. The zero-order valence-corrected chi connectivity index (χ0v) is 24.6. The summed E-state index contributed by atoms with van der Waals surface area (Å²) in [4.78, 5) is 21.8. The van der Waals surface area contributed by atoms with Gasteiger partial charge >= 0.3 is 12.2 Å². The van der Waals surface area contributed by atoms with E-state index in [1.165, 1.54) is 37.2 Å². The van der Waals surface area contributed by atoms with Gasteiger partial charge in [0.2, 0.25) is 10.0 Å². The third kappa shape index (κ3) is 6.25. The van der Waals surface area contributed by atoms with Crippen LogP contribution in [0.2, 0.25) is 0 Å². The van der Waals surface area contributed by atoms with Crippen molar-refractivity contribution in [3.8, 4) is 0 Å². The fourth-order valence-electron chi connectivity index (χ4n) is 6.88. The highest BCUT2D eigenvalue weighted by molar-refractivity contribution is 7.92. The number of benzene rings is 1. The average Bonchev–Trinajstić information content (AvgIpc) is 3.59. The van der Waals surface area contributed by atoms with E-state index in [0.717, 1.165) is 74.9 Å². The molecule has 6 rings (SSSR count). The molecule has 4 aliphatic rings. The summed E-state index contributed by atoms with van der Waals surface area (Å²) in [5, 5.41) is 4.06. The summed E-state index contributed by atoms with van der Waals surface area (Å²) in [6, 6.07) is 5.98. The molecule has 1 aromatic heterocycles. The second kappa shape index (κ2) is 11.0. The quantitative estimate of drug-likeness (QED) is 0.535. The van der Waals surface area contributed by atoms with Gasteiger partial charge in [0.05, 0.1) is 11.8 Å². The second-order valence-electron chi connectivity index (χ2n) is 12.1. The van der Waals surface area contributed by atoms with Gasteiger partial charge in [0.25, 0.3) is 0 Å². The van der Waals surface area contributed by atoms with Crippen molar-refractivity contribution in [1.29, 1.82) is 0 Å². The van der Waals surface area contributed by atoms with Gasteiger partial charge in [-0.3, -0.25) is 14.5 Å². The highest BCUT2D eigenvalue weighted by Crippen LogP contribution is 2.42. The van der Waals surface area contributed by atoms with E-state index in [1.54, 1.807) is 11.0 Å². The van der Waals surface area contributed by atoms with Crippen LogP contribution in [0.5, 0.6) is 0 Å². The molecule has 0 unspecified atom stereocenters. The predicted octanol–water partition coefficient (Wildman–Crippen LogP) is 3.66. The standard InChI is InChI=1S/C28H38F3N7O3S/c1-42(40,41)33-25-7-12-38(32-25)26(39)36-13-9-27(10-14-36)8-2-11-37(27)20-21-3-4-22(28(29,30)31)19-24(21)35-17-15-34(16-18-35)23-5-6-23/h3-4,7,12,19,23H,2,5-6,8-11,13-18,20H2,1H3,(H,32,33). The number of halogens is 3. The van der Waals surface area contributed by atoms with Gasteiger partial charge in [0, 0.05) is 75.3 Å². The molecule has 0 radical (unpaired) electrons. The minimum absolute atomic E-state index is 0.0857. The largest absolute Gasteiger partial charge is 0.416 e. The number of rotatable bonds is 6. The molecule has 14 heteroatoms. The number of nitrogens with one attached hydrogen (secondary N) is 1. The molecule has 0 bridgehead atoms. The molecule has 4 fully saturated rings. The van der Waals surface area contributed by atoms with Crippen LogP contribution in [0, 0.1) is 0 Å². The minimum Gasteiger partial charge on any atom is -0.369 e. The monoisotopic (exact) mass is 609 g/mol. The SMILES string of the molecule is CS(=O)(=O)Nc1ccn(C(=O)N2CCC3(CCCN3Cc3ccc(C(F)(F)F)cc3N3CCN(C4CC4)CC3)CC2)n1.